The summed E-state index contributed by atoms with van der Waals surface area (Å²) < 4.78 is 49.1. The Morgan fingerprint density at radius 2 is 1.83 bits per heavy atom. The van der Waals surface area contributed by atoms with Crippen LogP contribution in [0, 0.1) is 13.8 Å². The smallest absolute Gasteiger partial charge is 0.429 e. The van der Waals surface area contributed by atoms with Crippen LogP contribution in [0.3, 0.4) is 0 Å². The van der Waals surface area contributed by atoms with E-state index in [0.29, 0.717) is 17.1 Å². The molecule has 120 valence electrons. The van der Waals surface area contributed by atoms with E-state index in [0.717, 1.165) is 17.2 Å². The highest BCUT2D eigenvalue weighted by atomic mass is 19.4. The zero-order chi connectivity index (χ0) is 16.6. The third kappa shape index (κ3) is 3.33. The Balaban J connectivity index is 1.87. The molecule has 0 unspecified atom stereocenters. The lowest BCUT2D eigenvalue weighted by Gasteiger charge is -2.23. The van der Waals surface area contributed by atoms with E-state index in [1.165, 1.54) is 12.1 Å². The standard InChI is InChI=1S/C18H15F3O2/c1-11-3-4-12(2)15(9-11)22-14-7-5-13-6-8-17(18(19,20)21)23-16(13)10-14/h3-10,17H,1-2H3/t17-/m0/s1. The molecule has 5 heteroatoms. The van der Waals surface area contributed by atoms with Gasteiger partial charge in [-0.25, -0.2) is 0 Å². The van der Waals surface area contributed by atoms with Gasteiger partial charge in [0.25, 0.3) is 0 Å². The fourth-order valence-electron chi connectivity index (χ4n) is 2.31. The molecule has 0 saturated carbocycles. The van der Waals surface area contributed by atoms with Crippen LogP contribution < -0.4 is 9.47 Å². The number of ether oxygens (including phenoxy) is 2. The van der Waals surface area contributed by atoms with Crippen LogP contribution in [-0.4, -0.2) is 12.3 Å². The first-order valence-corrected chi connectivity index (χ1v) is 7.14. The summed E-state index contributed by atoms with van der Waals surface area (Å²) >= 11 is 0. The van der Waals surface area contributed by atoms with E-state index in [9.17, 15) is 13.2 Å². The SMILES string of the molecule is Cc1ccc(C)c(Oc2ccc3c(c2)O[C@H](C(F)(F)F)C=C3)c1. The number of rotatable bonds is 2. The van der Waals surface area contributed by atoms with E-state index in [2.05, 4.69) is 0 Å². The molecule has 1 heterocycles. The van der Waals surface area contributed by atoms with Gasteiger partial charge in [0.1, 0.15) is 17.2 Å². The molecule has 0 N–H and O–H groups in total. The van der Waals surface area contributed by atoms with Gasteiger partial charge in [-0.15, -0.1) is 0 Å². The van der Waals surface area contributed by atoms with Crippen LogP contribution in [0.25, 0.3) is 6.08 Å². The fourth-order valence-corrected chi connectivity index (χ4v) is 2.31. The molecule has 2 aromatic rings. The minimum atomic E-state index is -4.43. The molecule has 23 heavy (non-hydrogen) atoms. The Kier molecular flexibility index (Phi) is 3.80. The molecule has 0 spiro atoms. The van der Waals surface area contributed by atoms with E-state index in [4.69, 9.17) is 9.47 Å². The molecule has 1 aliphatic heterocycles. The maximum atomic E-state index is 12.8. The number of halogens is 3. The Morgan fingerprint density at radius 1 is 1.04 bits per heavy atom. The normalized spacial score (nSPS) is 16.7. The largest absolute Gasteiger partial charge is 0.476 e. The van der Waals surface area contributed by atoms with Gasteiger partial charge in [0.05, 0.1) is 0 Å². The maximum Gasteiger partial charge on any atom is 0.429 e. The van der Waals surface area contributed by atoms with Crippen LogP contribution in [0.5, 0.6) is 17.2 Å². The lowest BCUT2D eigenvalue weighted by atomic mass is 10.1. The first kappa shape index (κ1) is 15.5. The summed E-state index contributed by atoms with van der Waals surface area (Å²) in [7, 11) is 0. The van der Waals surface area contributed by atoms with Gasteiger partial charge in [-0.2, -0.15) is 13.2 Å². The minimum Gasteiger partial charge on any atom is -0.476 e. The molecular formula is C18H15F3O2. The van der Waals surface area contributed by atoms with Crippen molar-refractivity contribution in [3.63, 3.8) is 0 Å². The van der Waals surface area contributed by atoms with E-state index in [-0.39, 0.29) is 5.75 Å². The molecule has 0 fully saturated rings. The quantitative estimate of drug-likeness (QED) is 0.734. The number of alkyl halides is 3. The van der Waals surface area contributed by atoms with Crippen molar-refractivity contribution in [2.45, 2.75) is 26.1 Å². The van der Waals surface area contributed by atoms with Crippen LogP contribution in [-0.2, 0) is 0 Å². The summed E-state index contributed by atoms with van der Waals surface area (Å²) in [5.74, 6) is 1.27. The van der Waals surface area contributed by atoms with Crippen molar-refractivity contribution in [1.82, 2.24) is 0 Å². The summed E-state index contributed by atoms with van der Waals surface area (Å²) in [6.07, 6.45) is -3.93. The first-order valence-electron chi connectivity index (χ1n) is 7.14. The van der Waals surface area contributed by atoms with Gasteiger partial charge in [-0.05, 0) is 49.2 Å². The molecule has 0 aromatic heterocycles. The second kappa shape index (κ2) is 5.65. The monoisotopic (exact) mass is 320 g/mol. The molecule has 2 aromatic carbocycles. The topological polar surface area (TPSA) is 18.5 Å². The van der Waals surface area contributed by atoms with Crippen LogP contribution in [0.2, 0.25) is 0 Å². The number of fused-ring (bicyclic) bond motifs is 1. The predicted octanol–water partition coefficient (Wildman–Crippen LogP) is 5.43. The van der Waals surface area contributed by atoms with Crippen molar-refractivity contribution in [2.24, 2.45) is 0 Å². The molecule has 0 aliphatic carbocycles. The van der Waals surface area contributed by atoms with Gasteiger partial charge in [0, 0.05) is 11.6 Å². The molecule has 0 bridgehead atoms. The van der Waals surface area contributed by atoms with E-state index >= 15 is 0 Å². The summed E-state index contributed by atoms with van der Waals surface area (Å²) in [6, 6.07) is 10.7. The van der Waals surface area contributed by atoms with Gasteiger partial charge < -0.3 is 9.47 Å². The second-order valence-electron chi connectivity index (χ2n) is 5.51. The lowest BCUT2D eigenvalue weighted by molar-refractivity contribution is -0.180. The second-order valence-corrected chi connectivity index (χ2v) is 5.51. The number of aryl methyl sites for hydroxylation is 2. The van der Waals surface area contributed by atoms with Crippen LogP contribution in [0.4, 0.5) is 13.2 Å². The highest BCUT2D eigenvalue weighted by Crippen LogP contribution is 2.36. The number of hydrogen-bond acceptors (Lipinski definition) is 2. The lowest BCUT2D eigenvalue weighted by Crippen LogP contribution is -2.33. The molecule has 0 amide bonds. The Labute approximate surface area is 132 Å². The van der Waals surface area contributed by atoms with Gasteiger partial charge in [-0.1, -0.05) is 18.2 Å². The predicted molar refractivity (Wildman–Crippen MR) is 81.9 cm³/mol. The first-order chi connectivity index (χ1) is 10.8. The van der Waals surface area contributed by atoms with E-state index < -0.39 is 12.3 Å². The average Bonchev–Trinajstić information content (AvgIpc) is 2.49. The minimum absolute atomic E-state index is 0.164. The van der Waals surface area contributed by atoms with Gasteiger partial charge in [-0.3, -0.25) is 0 Å². The Hall–Kier alpha value is -2.43. The zero-order valence-corrected chi connectivity index (χ0v) is 12.6. The zero-order valence-electron chi connectivity index (χ0n) is 12.6. The third-order valence-corrected chi connectivity index (χ3v) is 3.58. The van der Waals surface area contributed by atoms with Crippen molar-refractivity contribution in [2.75, 3.05) is 0 Å². The van der Waals surface area contributed by atoms with E-state index in [1.54, 1.807) is 12.1 Å². The fraction of sp³-hybridized carbons (Fsp3) is 0.222. The van der Waals surface area contributed by atoms with Crippen molar-refractivity contribution in [3.8, 4) is 17.2 Å². The Bertz CT molecular complexity index is 763. The summed E-state index contributed by atoms with van der Waals surface area (Å²) in [5.41, 5.74) is 2.58. The van der Waals surface area contributed by atoms with Crippen LogP contribution in [0.15, 0.2) is 42.5 Å². The molecular weight excluding hydrogens is 305 g/mol. The highest BCUT2D eigenvalue weighted by Gasteiger charge is 2.41. The third-order valence-electron chi connectivity index (χ3n) is 3.58. The van der Waals surface area contributed by atoms with E-state index in [1.807, 2.05) is 32.0 Å². The van der Waals surface area contributed by atoms with Crippen LogP contribution >= 0.6 is 0 Å². The molecule has 0 radical (unpaired) electrons. The van der Waals surface area contributed by atoms with Gasteiger partial charge >= 0.3 is 6.18 Å². The molecule has 1 aliphatic rings. The van der Waals surface area contributed by atoms with Gasteiger partial charge in [0.2, 0.25) is 6.10 Å². The summed E-state index contributed by atoms with van der Waals surface area (Å²) in [5, 5.41) is 0. The van der Waals surface area contributed by atoms with Crippen LogP contribution in [0.1, 0.15) is 16.7 Å². The van der Waals surface area contributed by atoms with Crippen molar-refractivity contribution in [1.29, 1.82) is 0 Å². The summed E-state index contributed by atoms with van der Waals surface area (Å²) in [6.45, 7) is 3.85. The molecule has 2 nitrogen and oxygen atoms in total. The highest BCUT2D eigenvalue weighted by molar-refractivity contribution is 5.62. The number of benzene rings is 2. The molecule has 0 saturated heterocycles. The Morgan fingerprint density at radius 3 is 2.57 bits per heavy atom. The maximum absolute atomic E-state index is 12.8. The van der Waals surface area contributed by atoms with Gasteiger partial charge in [0.15, 0.2) is 0 Å². The van der Waals surface area contributed by atoms with Crippen molar-refractivity contribution in [3.05, 3.63) is 59.2 Å². The molecule has 3 rings (SSSR count). The molecule has 1 atom stereocenters. The summed E-state index contributed by atoms with van der Waals surface area (Å²) in [4.78, 5) is 0. The number of hydrogen-bond donors (Lipinski definition) is 0. The average molecular weight is 320 g/mol. The van der Waals surface area contributed by atoms with Crippen molar-refractivity contribution >= 4 is 6.08 Å². The van der Waals surface area contributed by atoms with Crippen molar-refractivity contribution < 1.29 is 22.6 Å².